The zero-order valence-corrected chi connectivity index (χ0v) is 8.57. The van der Waals surface area contributed by atoms with Crippen LogP contribution in [0.4, 0.5) is 0 Å². The molecular weight excluding hydrogens is 178 g/mol. The average molecular weight is 193 g/mol. The van der Waals surface area contributed by atoms with Gasteiger partial charge in [0.1, 0.15) is 6.04 Å². The van der Waals surface area contributed by atoms with Crippen molar-refractivity contribution < 1.29 is 14.1 Å². The van der Waals surface area contributed by atoms with E-state index < -0.39 is 27.7 Å². The maximum atomic E-state index is 11.3. The van der Waals surface area contributed by atoms with Gasteiger partial charge >= 0.3 is 5.97 Å². The van der Waals surface area contributed by atoms with Gasteiger partial charge in [-0.15, -0.1) is 0 Å². The van der Waals surface area contributed by atoms with Crippen LogP contribution in [0, 0.1) is 0 Å². The van der Waals surface area contributed by atoms with Crippen molar-refractivity contribution in [2.75, 3.05) is 0 Å². The molecule has 1 unspecified atom stereocenters. The quantitative estimate of drug-likeness (QED) is 0.686. The van der Waals surface area contributed by atoms with Gasteiger partial charge in [0.25, 0.3) is 0 Å². The number of carboxylic acid groups (broad SMARTS) is 1. The Morgan fingerprint density at radius 2 is 1.92 bits per heavy atom. The van der Waals surface area contributed by atoms with Crippen LogP contribution in [0.5, 0.6) is 0 Å². The van der Waals surface area contributed by atoms with E-state index in [0.29, 0.717) is 0 Å². The van der Waals surface area contributed by atoms with E-state index in [2.05, 4.69) is 4.72 Å². The summed E-state index contributed by atoms with van der Waals surface area (Å²) in [6.45, 7) is 6.81. The van der Waals surface area contributed by atoms with Crippen LogP contribution in [0.15, 0.2) is 0 Å². The van der Waals surface area contributed by atoms with Gasteiger partial charge in [-0.1, -0.05) is 0 Å². The number of carbonyl (C=O) groups is 1. The lowest BCUT2D eigenvalue weighted by Gasteiger charge is -2.19. The summed E-state index contributed by atoms with van der Waals surface area (Å²) in [7, 11) is -1.32. The lowest BCUT2D eigenvalue weighted by Crippen LogP contribution is -2.42. The van der Waals surface area contributed by atoms with Crippen molar-refractivity contribution in [3.63, 3.8) is 0 Å². The van der Waals surface area contributed by atoms with Crippen molar-refractivity contribution in [2.45, 2.75) is 38.5 Å². The smallest absolute Gasteiger partial charge is 0.321 e. The van der Waals surface area contributed by atoms with E-state index in [9.17, 15) is 9.00 Å². The zero-order chi connectivity index (χ0) is 9.94. The molecule has 0 radical (unpaired) electrons. The van der Waals surface area contributed by atoms with Gasteiger partial charge in [0, 0.05) is 0 Å². The molecule has 0 bridgehead atoms. The fraction of sp³-hybridized carbons (Fsp3) is 0.857. The minimum atomic E-state index is -1.32. The molecule has 0 aliphatic heterocycles. The van der Waals surface area contributed by atoms with Crippen molar-refractivity contribution in [1.29, 1.82) is 0 Å². The summed E-state index contributed by atoms with van der Waals surface area (Å²) in [6, 6.07) is -0.773. The molecule has 0 saturated carbocycles. The third kappa shape index (κ3) is 3.82. The summed E-state index contributed by atoms with van der Waals surface area (Å²) in [4.78, 5) is 10.4. The van der Waals surface area contributed by atoms with E-state index >= 15 is 0 Å². The van der Waals surface area contributed by atoms with Crippen LogP contribution in [0.3, 0.4) is 0 Å². The van der Waals surface area contributed by atoms with Gasteiger partial charge in [-0.25, -0.2) is 8.93 Å². The molecule has 4 nitrogen and oxygen atoms in total. The van der Waals surface area contributed by atoms with Crippen LogP contribution in [0.1, 0.15) is 27.7 Å². The lowest BCUT2D eigenvalue weighted by atomic mass is 10.3. The van der Waals surface area contributed by atoms with Crippen LogP contribution < -0.4 is 4.72 Å². The molecule has 0 spiro atoms. The molecule has 0 saturated heterocycles. The number of rotatable bonds is 3. The van der Waals surface area contributed by atoms with Crippen LogP contribution >= 0.6 is 0 Å². The molecule has 2 N–H and O–H groups in total. The molecular formula is C7H15NO3S. The summed E-state index contributed by atoms with van der Waals surface area (Å²) >= 11 is 0. The Balaban J connectivity index is 4.11. The normalized spacial score (nSPS) is 17.0. The first-order valence-electron chi connectivity index (χ1n) is 3.66. The largest absolute Gasteiger partial charge is 0.480 e. The Labute approximate surface area is 74.9 Å². The number of carboxylic acids is 1. The van der Waals surface area contributed by atoms with Gasteiger partial charge in [0.15, 0.2) is 0 Å². The van der Waals surface area contributed by atoms with Gasteiger partial charge < -0.3 is 5.11 Å². The fourth-order valence-electron chi connectivity index (χ4n) is 0.388. The second kappa shape index (κ2) is 4.00. The summed E-state index contributed by atoms with van der Waals surface area (Å²) in [5.74, 6) is -0.993. The first kappa shape index (κ1) is 11.6. The van der Waals surface area contributed by atoms with E-state index in [4.69, 9.17) is 5.11 Å². The number of hydrogen-bond acceptors (Lipinski definition) is 2. The molecule has 0 aliphatic rings. The highest BCUT2D eigenvalue weighted by Crippen LogP contribution is 2.08. The van der Waals surface area contributed by atoms with Crippen molar-refractivity contribution in [3.8, 4) is 0 Å². The second-order valence-electron chi connectivity index (χ2n) is 3.56. The van der Waals surface area contributed by atoms with E-state index in [-0.39, 0.29) is 0 Å². The summed E-state index contributed by atoms with van der Waals surface area (Å²) in [5.41, 5.74) is 0. The summed E-state index contributed by atoms with van der Waals surface area (Å²) in [5, 5.41) is 8.50. The second-order valence-corrected chi connectivity index (χ2v) is 5.56. The Hall–Kier alpha value is -0.420. The van der Waals surface area contributed by atoms with Crippen molar-refractivity contribution in [1.82, 2.24) is 4.72 Å². The molecule has 0 rings (SSSR count). The predicted molar refractivity (Wildman–Crippen MR) is 48.1 cm³/mol. The Morgan fingerprint density at radius 1 is 1.50 bits per heavy atom. The average Bonchev–Trinajstić information content (AvgIpc) is 1.85. The Morgan fingerprint density at radius 3 is 2.17 bits per heavy atom. The highest BCUT2D eigenvalue weighted by atomic mass is 32.2. The maximum absolute atomic E-state index is 11.3. The number of nitrogens with one attached hydrogen (secondary N) is 1. The Kier molecular flexibility index (Phi) is 3.86. The lowest BCUT2D eigenvalue weighted by molar-refractivity contribution is -0.138. The van der Waals surface area contributed by atoms with Crippen molar-refractivity contribution in [2.24, 2.45) is 0 Å². The maximum Gasteiger partial charge on any atom is 0.321 e. The first-order chi connectivity index (χ1) is 5.25. The third-order valence-corrected chi connectivity index (χ3v) is 2.89. The SMILES string of the molecule is C[C@H](NS(=O)C(C)(C)C)C(=O)O. The molecule has 2 atom stereocenters. The molecule has 0 aromatic heterocycles. The molecule has 5 heteroatoms. The minimum Gasteiger partial charge on any atom is -0.480 e. The molecule has 72 valence electrons. The molecule has 0 aromatic rings. The first-order valence-corrected chi connectivity index (χ1v) is 4.81. The van der Waals surface area contributed by atoms with Crippen molar-refractivity contribution >= 4 is 17.0 Å². The third-order valence-electron chi connectivity index (χ3n) is 1.21. The van der Waals surface area contributed by atoms with E-state index in [1.807, 2.05) is 0 Å². The monoisotopic (exact) mass is 193 g/mol. The van der Waals surface area contributed by atoms with E-state index in [1.54, 1.807) is 20.8 Å². The van der Waals surface area contributed by atoms with Gasteiger partial charge in [-0.2, -0.15) is 0 Å². The predicted octanol–water partition coefficient (Wildman–Crippen LogP) is 0.511. The number of aliphatic carboxylic acids is 1. The van der Waals surface area contributed by atoms with Crippen LogP contribution in [0.2, 0.25) is 0 Å². The Bertz CT molecular complexity index is 197. The summed E-state index contributed by atoms with van der Waals surface area (Å²) in [6.07, 6.45) is 0. The minimum absolute atomic E-state index is 0.427. The van der Waals surface area contributed by atoms with Gasteiger partial charge in [-0.3, -0.25) is 4.79 Å². The van der Waals surface area contributed by atoms with E-state index in [0.717, 1.165) is 0 Å². The highest BCUT2D eigenvalue weighted by molar-refractivity contribution is 7.84. The molecule has 0 fully saturated rings. The van der Waals surface area contributed by atoms with E-state index in [1.165, 1.54) is 6.92 Å². The molecule has 0 aromatic carbocycles. The van der Waals surface area contributed by atoms with Crippen molar-refractivity contribution in [3.05, 3.63) is 0 Å². The zero-order valence-electron chi connectivity index (χ0n) is 7.75. The molecule has 0 amide bonds. The van der Waals surface area contributed by atoms with Gasteiger partial charge in [0.05, 0.1) is 15.7 Å². The topological polar surface area (TPSA) is 66.4 Å². The highest BCUT2D eigenvalue weighted by Gasteiger charge is 2.23. The van der Waals surface area contributed by atoms with Gasteiger partial charge in [0.2, 0.25) is 0 Å². The van der Waals surface area contributed by atoms with Gasteiger partial charge in [-0.05, 0) is 27.7 Å². The van der Waals surface area contributed by atoms with Crippen LogP contribution in [0.25, 0.3) is 0 Å². The van der Waals surface area contributed by atoms with Crippen LogP contribution in [-0.2, 0) is 15.8 Å². The molecule has 12 heavy (non-hydrogen) atoms. The van der Waals surface area contributed by atoms with Crippen LogP contribution in [-0.4, -0.2) is 26.1 Å². The molecule has 0 aliphatic carbocycles. The molecule has 0 heterocycles. The fourth-order valence-corrected chi connectivity index (χ4v) is 1.16. The summed E-state index contributed by atoms with van der Waals surface area (Å²) < 4.78 is 13.4. The standard InChI is InChI=1S/C7H15NO3S/c1-5(6(9)10)8-12(11)7(2,3)4/h5,8H,1-4H3,(H,9,10)/t5-,12?/m0/s1. The number of hydrogen-bond donors (Lipinski definition) is 2.